The lowest BCUT2D eigenvalue weighted by Gasteiger charge is -2.10. The first-order valence-corrected chi connectivity index (χ1v) is 11.7. The van der Waals surface area contributed by atoms with Gasteiger partial charge in [0.15, 0.2) is 11.0 Å². The van der Waals surface area contributed by atoms with Gasteiger partial charge in [0.2, 0.25) is 5.91 Å². The highest BCUT2D eigenvalue weighted by molar-refractivity contribution is 7.99. The van der Waals surface area contributed by atoms with Crippen LogP contribution < -0.4 is 10.6 Å². The van der Waals surface area contributed by atoms with Crippen molar-refractivity contribution in [2.75, 3.05) is 11.1 Å². The predicted octanol–water partition coefficient (Wildman–Crippen LogP) is 3.35. The molecule has 0 radical (unpaired) electrons. The molecule has 0 aliphatic rings. The number of hydrogen-bond donors (Lipinski definition) is 2. The summed E-state index contributed by atoms with van der Waals surface area (Å²) in [5.74, 6) is -0.225. The van der Waals surface area contributed by atoms with E-state index < -0.39 is 5.97 Å². The normalized spacial score (nSPS) is 10.7. The molecule has 0 fully saturated rings. The molecule has 0 saturated carbocycles. The van der Waals surface area contributed by atoms with Crippen LogP contribution in [0.1, 0.15) is 46.0 Å². The second-order valence-electron chi connectivity index (χ2n) is 7.88. The summed E-state index contributed by atoms with van der Waals surface area (Å²) < 4.78 is 6.91. The number of ether oxygens (including phenoxy) is 1. The van der Waals surface area contributed by atoms with Gasteiger partial charge >= 0.3 is 5.97 Å². The molecule has 9 nitrogen and oxygen atoms in total. The SMILES string of the molecule is Cc1ccc(C(=O)NCc2nnc(SCC(=O)Nc3cccc(C(=O)OC(C)C)c3)n2C)cc1. The van der Waals surface area contributed by atoms with E-state index in [0.717, 1.165) is 5.56 Å². The van der Waals surface area contributed by atoms with Crippen LogP contribution >= 0.6 is 11.8 Å². The van der Waals surface area contributed by atoms with Crippen molar-refractivity contribution in [2.45, 2.75) is 38.6 Å². The zero-order valence-electron chi connectivity index (χ0n) is 19.5. The van der Waals surface area contributed by atoms with E-state index >= 15 is 0 Å². The van der Waals surface area contributed by atoms with Gasteiger partial charge in [-0.3, -0.25) is 9.59 Å². The summed E-state index contributed by atoms with van der Waals surface area (Å²) in [4.78, 5) is 36.7. The number of thioether (sulfide) groups is 1. The van der Waals surface area contributed by atoms with Crippen LogP contribution in [0.5, 0.6) is 0 Å². The van der Waals surface area contributed by atoms with Gasteiger partial charge in [0.1, 0.15) is 0 Å². The van der Waals surface area contributed by atoms with Crippen LogP contribution in [0.15, 0.2) is 53.7 Å². The van der Waals surface area contributed by atoms with Gasteiger partial charge in [-0.1, -0.05) is 35.5 Å². The highest BCUT2D eigenvalue weighted by Crippen LogP contribution is 2.17. The number of benzene rings is 2. The minimum Gasteiger partial charge on any atom is -0.459 e. The number of nitrogens with one attached hydrogen (secondary N) is 2. The minimum absolute atomic E-state index is 0.0996. The Balaban J connectivity index is 1.51. The summed E-state index contributed by atoms with van der Waals surface area (Å²) >= 11 is 1.22. The van der Waals surface area contributed by atoms with Crippen molar-refractivity contribution >= 4 is 35.2 Å². The van der Waals surface area contributed by atoms with Crippen molar-refractivity contribution in [1.82, 2.24) is 20.1 Å². The molecule has 0 unspecified atom stereocenters. The quantitative estimate of drug-likeness (QED) is 0.356. The fraction of sp³-hybridized carbons (Fsp3) is 0.292. The third-order valence-electron chi connectivity index (χ3n) is 4.70. The van der Waals surface area contributed by atoms with Crippen LogP contribution in [0.3, 0.4) is 0 Å². The molecule has 2 amide bonds. The molecule has 1 aromatic heterocycles. The Kier molecular flexibility index (Phi) is 8.42. The number of aromatic nitrogens is 3. The molecule has 3 aromatic rings. The molecule has 1 heterocycles. The average molecular weight is 482 g/mol. The molecule has 3 rings (SSSR count). The van der Waals surface area contributed by atoms with Crippen LogP contribution in [0.2, 0.25) is 0 Å². The molecule has 0 aliphatic carbocycles. The maximum Gasteiger partial charge on any atom is 0.338 e. The molecular weight excluding hydrogens is 454 g/mol. The van der Waals surface area contributed by atoms with Crippen LogP contribution in [0.4, 0.5) is 5.69 Å². The maximum absolute atomic E-state index is 12.4. The maximum atomic E-state index is 12.4. The van der Waals surface area contributed by atoms with E-state index in [9.17, 15) is 14.4 Å². The number of esters is 1. The van der Waals surface area contributed by atoms with Gasteiger partial charge in [0, 0.05) is 18.3 Å². The Morgan fingerprint density at radius 3 is 2.50 bits per heavy atom. The van der Waals surface area contributed by atoms with Gasteiger partial charge in [-0.15, -0.1) is 10.2 Å². The molecule has 0 spiro atoms. The average Bonchev–Trinajstić information content (AvgIpc) is 3.15. The van der Waals surface area contributed by atoms with E-state index in [1.807, 2.05) is 19.1 Å². The Morgan fingerprint density at radius 2 is 1.79 bits per heavy atom. The molecule has 34 heavy (non-hydrogen) atoms. The number of aryl methyl sites for hydroxylation is 1. The van der Waals surface area contributed by atoms with Crippen molar-refractivity contribution in [2.24, 2.45) is 7.05 Å². The van der Waals surface area contributed by atoms with Gasteiger partial charge in [-0.2, -0.15) is 0 Å². The number of anilines is 1. The lowest BCUT2D eigenvalue weighted by atomic mass is 10.1. The van der Waals surface area contributed by atoms with Crippen LogP contribution in [0.25, 0.3) is 0 Å². The largest absolute Gasteiger partial charge is 0.459 e. The number of hydrogen-bond acceptors (Lipinski definition) is 7. The van der Waals surface area contributed by atoms with Gasteiger partial charge in [-0.25, -0.2) is 4.79 Å². The summed E-state index contributed by atoms with van der Waals surface area (Å²) in [5.41, 5.74) is 2.52. The zero-order valence-corrected chi connectivity index (χ0v) is 20.3. The monoisotopic (exact) mass is 481 g/mol. The number of rotatable bonds is 9. The van der Waals surface area contributed by atoms with Gasteiger partial charge in [0.05, 0.1) is 24.0 Å². The first kappa shape index (κ1) is 25.0. The van der Waals surface area contributed by atoms with E-state index in [4.69, 9.17) is 4.74 Å². The first-order valence-electron chi connectivity index (χ1n) is 10.7. The van der Waals surface area contributed by atoms with Gasteiger partial charge < -0.3 is 19.9 Å². The van der Waals surface area contributed by atoms with Crippen LogP contribution in [-0.4, -0.2) is 44.4 Å². The highest BCUT2D eigenvalue weighted by Gasteiger charge is 2.14. The van der Waals surface area contributed by atoms with E-state index in [0.29, 0.717) is 27.8 Å². The fourth-order valence-electron chi connectivity index (χ4n) is 2.92. The van der Waals surface area contributed by atoms with Crippen molar-refractivity contribution in [1.29, 1.82) is 0 Å². The summed E-state index contributed by atoms with van der Waals surface area (Å²) in [6, 6.07) is 13.9. The third-order valence-corrected chi connectivity index (χ3v) is 5.72. The second kappa shape index (κ2) is 11.5. The lowest BCUT2D eigenvalue weighted by molar-refractivity contribution is -0.113. The molecule has 2 aromatic carbocycles. The van der Waals surface area contributed by atoms with Crippen molar-refractivity contribution in [3.8, 4) is 0 Å². The molecule has 0 bridgehead atoms. The molecule has 178 valence electrons. The van der Waals surface area contributed by atoms with Crippen LogP contribution in [0, 0.1) is 6.92 Å². The van der Waals surface area contributed by atoms with E-state index in [-0.39, 0.29) is 30.2 Å². The summed E-state index contributed by atoms with van der Waals surface area (Å²) in [6.45, 7) is 5.72. The molecular formula is C24H27N5O4S. The Bertz CT molecular complexity index is 1170. The predicted molar refractivity (Wildman–Crippen MR) is 130 cm³/mol. The minimum atomic E-state index is -0.443. The standard InChI is InChI=1S/C24H27N5O4S/c1-15(2)33-23(32)18-6-5-7-19(12-18)26-21(30)14-34-24-28-27-20(29(24)4)13-25-22(31)17-10-8-16(3)9-11-17/h5-12,15H,13-14H2,1-4H3,(H,25,31)(H,26,30). The molecule has 2 N–H and O–H groups in total. The van der Waals surface area contributed by atoms with Crippen molar-refractivity contribution < 1.29 is 19.1 Å². The molecule has 0 saturated heterocycles. The van der Waals surface area contributed by atoms with E-state index in [2.05, 4.69) is 20.8 Å². The van der Waals surface area contributed by atoms with E-state index in [1.165, 1.54) is 11.8 Å². The summed E-state index contributed by atoms with van der Waals surface area (Å²) in [7, 11) is 1.78. The van der Waals surface area contributed by atoms with Crippen molar-refractivity contribution in [3.63, 3.8) is 0 Å². The summed E-state index contributed by atoms with van der Waals surface area (Å²) in [5, 5.41) is 14.3. The van der Waals surface area contributed by atoms with Gasteiger partial charge in [-0.05, 0) is 51.1 Å². The van der Waals surface area contributed by atoms with E-state index in [1.54, 1.807) is 61.9 Å². The molecule has 0 atom stereocenters. The fourth-order valence-corrected chi connectivity index (χ4v) is 3.65. The Hall–Kier alpha value is -3.66. The summed E-state index contributed by atoms with van der Waals surface area (Å²) in [6.07, 6.45) is -0.227. The lowest BCUT2D eigenvalue weighted by Crippen LogP contribution is -2.24. The van der Waals surface area contributed by atoms with Crippen molar-refractivity contribution in [3.05, 3.63) is 71.0 Å². The zero-order chi connectivity index (χ0) is 24.7. The number of amides is 2. The third kappa shape index (κ3) is 6.92. The van der Waals surface area contributed by atoms with Gasteiger partial charge in [0.25, 0.3) is 5.91 Å². The van der Waals surface area contributed by atoms with Crippen LogP contribution in [-0.2, 0) is 23.1 Å². The Morgan fingerprint density at radius 1 is 1.06 bits per heavy atom. The number of nitrogens with zero attached hydrogens (tertiary/aromatic N) is 3. The second-order valence-corrected chi connectivity index (χ2v) is 8.82. The topological polar surface area (TPSA) is 115 Å². The highest BCUT2D eigenvalue weighted by atomic mass is 32.2. The molecule has 0 aliphatic heterocycles. The Labute approximate surface area is 202 Å². The smallest absolute Gasteiger partial charge is 0.338 e. The number of carbonyl (C=O) groups excluding carboxylic acids is 3. The number of carbonyl (C=O) groups is 3. The first-order chi connectivity index (χ1) is 16.2. The molecule has 10 heteroatoms.